The van der Waals surface area contributed by atoms with Crippen LogP contribution in [-0.4, -0.2) is 11.7 Å². The van der Waals surface area contributed by atoms with Crippen LogP contribution in [0.15, 0.2) is 188 Å². The van der Waals surface area contributed by atoms with Gasteiger partial charge in [-0.15, -0.1) is 0 Å². The summed E-state index contributed by atoms with van der Waals surface area (Å²) < 4.78 is 0. The molecule has 0 amide bonds. The number of aromatic nitrogens is 1. The largest absolute Gasteiger partial charge is 0.311 e. The van der Waals surface area contributed by atoms with E-state index in [1.807, 2.05) is 0 Å². The summed E-state index contributed by atoms with van der Waals surface area (Å²) in [6, 6.07) is 68.5. The molecule has 3 heterocycles. The van der Waals surface area contributed by atoms with E-state index in [-0.39, 0.29) is 17.5 Å². The standard InChI is InChI=1S/C54H45BN4/c1-53(2)36-54(3,4)44-34-42(30-31-43(44)53)59-48-32-29-38(37-19-9-5-10-20-37)33-46(48)55-45-27-17-18-28-47(45)58(41-25-15-8-16-26-41)49-35-50(56-52(59)51(49)55)57(39-21-11-6-12-22-39)40-23-13-7-14-24-40/h5-35H,36H2,1-4H3. The maximum atomic E-state index is 5.88. The molecule has 0 atom stereocenters. The van der Waals surface area contributed by atoms with Crippen molar-refractivity contribution in [1.29, 1.82) is 0 Å². The van der Waals surface area contributed by atoms with Crippen molar-refractivity contribution in [3.8, 4) is 11.1 Å². The van der Waals surface area contributed by atoms with Crippen molar-refractivity contribution in [2.24, 2.45) is 0 Å². The monoisotopic (exact) mass is 760 g/mol. The van der Waals surface area contributed by atoms with Gasteiger partial charge in [0.2, 0.25) is 0 Å². The molecule has 7 aromatic carbocycles. The Hall–Kier alpha value is -6.85. The van der Waals surface area contributed by atoms with Crippen LogP contribution in [0.5, 0.6) is 0 Å². The molecule has 0 spiro atoms. The molecular weight excluding hydrogens is 715 g/mol. The van der Waals surface area contributed by atoms with Gasteiger partial charge in [0.15, 0.2) is 0 Å². The molecule has 1 aromatic heterocycles. The summed E-state index contributed by atoms with van der Waals surface area (Å²) in [5, 5.41) is 0. The van der Waals surface area contributed by atoms with Gasteiger partial charge in [0.25, 0.3) is 6.71 Å². The molecule has 284 valence electrons. The minimum atomic E-state index is -0.0562. The maximum absolute atomic E-state index is 5.88. The third-order valence-electron chi connectivity index (χ3n) is 12.8. The molecule has 0 radical (unpaired) electrons. The van der Waals surface area contributed by atoms with Crippen LogP contribution in [-0.2, 0) is 10.8 Å². The number of para-hydroxylation sites is 4. The number of fused-ring (bicyclic) bond motifs is 5. The molecule has 4 nitrogen and oxygen atoms in total. The molecule has 59 heavy (non-hydrogen) atoms. The average molecular weight is 761 g/mol. The van der Waals surface area contributed by atoms with Gasteiger partial charge in [-0.05, 0) is 117 Å². The zero-order valence-corrected chi connectivity index (χ0v) is 34.0. The highest BCUT2D eigenvalue weighted by Crippen LogP contribution is 2.52. The first-order valence-corrected chi connectivity index (χ1v) is 20.8. The molecule has 0 unspecified atom stereocenters. The van der Waals surface area contributed by atoms with Crippen molar-refractivity contribution in [3.05, 3.63) is 199 Å². The topological polar surface area (TPSA) is 22.6 Å². The highest BCUT2D eigenvalue weighted by molar-refractivity contribution is 7.00. The SMILES string of the molecule is CC1(C)CC(C)(C)c2cc(N3c4ccc(-c5ccccc5)cc4B4c5ccccc5N(c5ccccc5)c5cc(N(c6ccccc6)c6ccccc6)nc3c54)ccc21. The zero-order chi connectivity index (χ0) is 39.9. The van der Waals surface area contributed by atoms with Crippen LogP contribution in [0.4, 0.5) is 51.4 Å². The van der Waals surface area contributed by atoms with E-state index < -0.39 is 0 Å². The quantitative estimate of drug-likeness (QED) is 0.157. The van der Waals surface area contributed by atoms with Crippen LogP contribution in [0.3, 0.4) is 0 Å². The Labute approximate surface area is 348 Å². The average Bonchev–Trinajstić information content (AvgIpc) is 3.46. The Balaban J connectivity index is 1.26. The summed E-state index contributed by atoms with van der Waals surface area (Å²) in [5.41, 5.74) is 16.9. The zero-order valence-electron chi connectivity index (χ0n) is 34.0. The second-order valence-electron chi connectivity index (χ2n) is 17.6. The fraction of sp³-hybridized carbons (Fsp3) is 0.130. The first kappa shape index (κ1) is 35.3. The molecule has 0 fully saturated rings. The molecular formula is C54H45BN4. The molecule has 1 aliphatic carbocycles. The minimum absolute atomic E-state index is 0.0301. The highest BCUT2D eigenvalue weighted by atomic mass is 15.3. The molecule has 8 aromatic rings. The van der Waals surface area contributed by atoms with Crippen LogP contribution >= 0.6 is 0 Å². The lowest BCUT2D eigenvalue weighted by molar-refractivity contribution is 0.403. The molecule has 0 saturated carbocycles. The molecule has 0 saturated heterocycles. The Morgan fingerprint density at radius 1 is 0.475 bits per heavy atom. The van der Waals surface area contributed by atoms with E-state index in [1.54, 1.807) is 0 Å². The van der Waals surface area contributed by atoms with Crippen molar-refractivity contribution in [2.75, 3.05) is 14.7 Å². The lowest BCUT2D eigenvalue weighted by atomic mass is 9.33. The molecule has 11 rings (SSSR count). The van der Waals surface area contributed by atoms with E-state index in [0.717, 1.165) is 52.2 Å². The van der Waals surface area contributed by atoms with Crippen molar-refractivity contribution in [3.63, 3.8) is 0 Å². The summed E-state index contributed by atoms with van der Waals surface area (Å²) in [5.74, 6) is 1.80. The number of benzene rings is 7. The second kappa shape index (κ2) is 13.4. The molecule has 3 aliphatic rings. The van der Waals surface area contributed by atoms with E-state index in [4.69, 9.17) is 4.98 Å². The van der Waals surface area contributed by atoms with Gasteiger partial charge in [-0.2, -0.15) is 0 Å². The highest BCUT2D eigenvalue weighted by Gasteiger charge is 2.46. The Morgan fingerprint density at radius 3 is 1.76 bits per heavy atom. The van der Waals surface area contributed by atoms with E-state index in [9.17, 15) is 0 Å². The van der Waals surface area contributed by atoms with Gasteiger partial charge in [0.05, 0.1) is 0 Å². The van der Waals surface area contributed by atoms with E-state index in [2.05, 4.69) is 230 Å². The van der Waals surface area contributed by atoms with Crippen molar-refractivity contribution < 1.29 is 0 Å². The Morgan fingerprint density at radius 2 is 1.07 bits per heavy atom. The first-order chi connectivity index (χ1) is 28.8. The van der Waals surface area contributed by atoms with Gasteiger partial charge in [-0.25, -0.2) is 4.98 Å². The van der Waals surface area contributed by atoms with E-state index >= 15 is 0 Å². The maximum Gasteiger partial charge on any atom is 0.254 e. The summed E-state index contributed by atoms with van der Waals surface area (Å²) in [6.07, 6.45) is 1.10. The summed E-state index contributed by atoms with van der Waals surface area (Å²) >= 11 is 0. The van der Waals surface area contributed by atoms with Crippen molar-refractivity contribution in [2.45, 2.75) is 44.9 Å². The number of hydrogen-bond acceptors (Lipinski definition) is 4. The summed E-state index contributed by atoms with van der Waals surface area (Å²) in [4.78, 5) is 13.1. The lowest BCUT2D eigenvalue weighted by Crippen LogP contribution is -2.61. The molecule has 0 N–H and O–H groups in total. The second-order valence-corrected chi connectivity index (χ2v) is 17.6. The Bertz CT molecular complexity index is 2830. The van der Waals surface area contributed by atoms with Gasteiger partial charge >= 0.3 is 0 Å². The molecule has 0 bridgehead atoms. The van der Waals surface area contributed by atoms with Gasteiger partial charge in [-0.1, -0.05) is 149 Å². The number of hydrogen-bond donors (Lipinski definition) is 0. The molecule has 2 aliphatic heterocycles. The molecule has 5 heteroatoms. The third-order valence-corrected chi connectivity index (χ3v) is 12.8. The van der Waals surface area contributed by atoms with Crippen LogP contribution in [0, 0.1) is 0 Å². The predicted molar refractivity (Wildman–Crippen MR) is 249 cm³/mol. The number of anilines is 9. The van der Waals surface area contributed by atoms with Gasteiger partial charge < -0.3 is 4.90 Å². The van der Waals surface area contributed by atoms with E-state index in [1.165, 1.54) is 44.3 Å². The normalized spacial score (nSPS) is 15.2. The summed E-state index contributed by atoms with van der Waals surface area (Å²) in [6.45, 7) is 9.54. The number of rotatable bonds is 6. The summed E-state index contributed by atoms with van der Waals surface area (Å²) in [7, 11) is 0. The van der Waals surface area contributed by atoms with Crippen LogP contribution in [0.1, 0.15) is 45.2 Å². The fourth-order valence-corrected chi connectivity index (χ4v) is 10.5. The van der Waals surface area contributed by atoms with Crippen LogP contribution in [0.25, 0.3) is 11.1 Å². The van der Waals surface area contributed by atoms with Crippen LogP contribution in [0.2, 0.25) is 0 Å². The lowest BCUT2D eigenvalue weighted by Gasteiger charge is -2.44. The van der Waals surface area contributed by atoms with Gasteiger partial charge in [0.1, 0.15) is 11.6 Å². The fourth-order valence-electron chi connectivity index (χ4n) is 10.5. The van der Waals surface area contributed by atoms with Crippen LogP contribution < -0.4 is 31.1 Å². The first-order valence-electron chi connectivity index (χ1n) is 20.8. The number of nitrogens with zero attached hydrogens (tertiary/aromatic N) is 4. The minimum Gasteiger partial charge on any atom is -0.311 e. The van der Waals surface area contributed by atoms with Crippen molar-refractivity contribution in [1.82, 2.24) is 4.98 Å². The predicted octanol–water partition coefficient (Wildman–Crippen LogP) is 12.3. The Kier molecular flexibility index (Phi) is 8.00. The van der Waals surface area contributed by atoms with E-state index in [0.29, 0.717) is 0 Å². The third kappa shape index (κ3) is 5.63. The van der Waals surface area contributed by atoms with Gasteiger partial charge in [0, 0.05) is 45.9 Å². The number of pyridine rings is 1. The van der Waals surface area contributed by atoms with Crippen molar-refractivity contribution >= 4 is 74.5 Å². The smallest absolute Gasteiger partial charge is 0.254 e. The van der Waals surface area contributed by atoms with Gasteiger partial charge in [-0.3, -0.25) is 9.80 Å².